The highest BCUT2D eigenvalue weighted by Crippen LogP contribution is 2.33. The van der Waals surface area contributed by atoms with Crippen LogP contribution in [0.4, 0.5) is 0 Å². The second kappa shape index (κ2) is 12.6. The second-order valence-electron chi connectivity index (χ2n) is 9.97. The number of halogens is 1. The normalized spacial score (nSPS) is 14.4. The third-order valence-electron chi connectivity index (χ3n) is 7.07. The zero-order valence-corrected chi connectivity index (χ0v) is 24.9. The fourth-order valence-corrected chi connectivity index (χ4v) is 6.82. The van der Waals surface area contributed by atoms with Crippen molar-refractivity contribution in [1.82, 2.24) is 30.0 Å². The van der Waals surface area contributed by atoms with Crippen LogP contribution < -0.4 is 5.32 Å². The molecule has 1 aliphatic heterocycles. The molecule has 3 aromatic heterocycles. The number of furan rings is 1. The van der Waals surface area contributed by atoms with E-state index < -0.39 is 0 Å². The smallest absolute Gasteiger partial charge is 0.270 e. The topological polar surface area (TPSA) is 89.1 Å². The van der Waals surface area contributed by atoms with Crippen LogP contribution in [0, 0.1) is 6.92 Å². The Morgan fingerprint density at radius 2 is 1.95 bits per heavy atom. The lowest BCUT2D eigenvalue weighted by Gasteiger charge is -2.32. The number of amides is 1. The molecule has 1 amide bonds. The lowest BCUT2D eigenvalue weighted by Crippen LogP contribution is -2.44. The van der Waals surface area contributed by atoms with Crippen molar-refractivity contribution in [2.75, 3.05) is 13.1 Å². The van der Waals surface area contributed by atoms with Crippen molar-refractivity contribution in [1.29, 1.82) is 0 Å². The Hall–Kier alpha value is -3.44. The van der Waals surface area contributed by atoms with Crippen LogP contribution in [0.2, 0.25) is 5.02 Å². The molecule has 0 saturated carbocycles. The third-order valence-corrected chi connectivity index (χ3v) is 9.27. The number of carbonyl (C=O) groups is 1. The molecule has 8 nitrogen and oxygen atoms in total. The van der Waals surface area contributed by atoms with Gasteiger partial charge in [0.05, 0.1) is 17.7 Å². The van der Waals surface area contributed by atoms with E-state index in [1.54, 1.807) is 6.26 Å². The molecule has 11 heteroatoms. The summed E-state index contributed by atoms with van der Waals surface area (Å²) in [5.41, 5.74) is 3.69. The second-order valence-corrected chi connectivity index (χ2v) is 12.3. The maximum absolute atomic E-state index is 13.0. The van der Waals surface area contributed by atoms with Gasteiger partial charge in [-0.2, -0.15) is 0 Å². The molecular weight excluding hydrogens is 576 g/mol. The van der Waals surface area contributed by atoms with Gasteiger partial charge in [-0.05, 0) is 55.2 Å². The highest BCUT2D eigenvalue weighted by atomic mass is 35.5. The fraction of sp³-hybridized carbons (Fsp3) is 0.267. The molecule has 0 atom stereocenters. The molecule has 2 aromatic carbocycles. The first-order valence-electron chi connectivity index (χ1n) is 13.4. The van der Waals surface area contributed by atoms with E-state index >= 15 is 0 Å². The summed E-state index contributed by atoms with van der Waals surface area (Å²) in [7, 11) is 0. The summed E-state index contributed by atoms with van der Waals surface area (Å²) in [4.78, 5) is 20.1. The molecule has 0 unspecified atom stereocenters. The molecule has 5 aromatic rings. The van der Waals surface area contributed by atoms with Crippen LogP contribution in [0.3, 0.4) is 0 Å². The Labute approximate surface area is 251 Å². The standard InChI is InChI=1S/C30H29ClN6O2S2/c1-20-9-10-22(31)16-25(20)37-28(26-8-5-15-39-26)34-35-30(37)41-19-27-33-24(18-40-27)29(38)32-23-11-13-36(14-12-23)17-21-6-3-2-4-7-21/h2-10,15-16,18,23H,11-14,17,19H2,1H3,(H,32,38). The van der Waals surface area contributed by atoms with Gasteiger partial charge in [0, 0.05) is 36.1 Å². The molecular formula is C30H29ClN6O2S2. The summed E-state index contributed by atoms with van der Waals surface area (Å²) in [6.07, 6.45) is 3.48. The number of aromatic nitrogens is 4. The van der Waals surface area contributed by atoms with Crippen molar-refractivity contribution >= 4 is 40.6 Å². The van der Waals surface area contributed by atoms with Crippen LogP contribution in [0.5, 0.6) is 0 Å². The maximum Gasteiger partial charge on any atom is 0.270 e. The first kappa shape index (κ1) is 27.7. The number of nitrogens with one attached hydrogen (secondary N) is 1. The average molecular weight is 605 g/mol. The number of carbonyl (C=O) groups excluding carboxylic acids is 1. The monoisotopic (exact) mass is 604 g/mol. The Kier molecular flexibility index (Phi) is 8.52. The van der Waals surface area contributed by atoms with Gasteiger partial charge < -0.3 is 9.73 Å². The zero-order valence-electron chi connectivity index (χ0n) is 22.5. The van der Waals surface area contributed by atoms with Gasteiger partial charge in [-0.3, -0.25) is 14.3 Å². The minimum absolute atomic E-state index is 0.114. The van der Waals surface area contributed by atoms with E-state index in [1.165, 1.54) is 28.7 Å². The van der Waals surface area contributed by atoms with Crippen LogP contribution in [0.1, 0.15) is 39.5 Å². The van der Waals surface area contributed by atoms with E-state index in [1.807, 2.05) is 53.3 Å². The number of piperidine rings is 1. The molecule has 0 spiro atoms. The van der Waals surface area contributed by atoms with E-state index in [0.29, 0.717) is 33.2 Å². The fourth-order valence-electron chi connectivity index (χ4n) is 4.91. The number of likely N-dealkylation sites (tertiary alicyclic amines) is 1. The molecule has 0 bridgehead atoms. The number of thioether (sulfide) groups is 1. The van der Waals surface area contributed by atoms with E-state index in [2.05, 4.69) is 49.7 Å². The van der Waals surface area contributed by atoms with Crippen molar-refractivity contribution in [2.24, 2.45) is 0 Å². The van der Waals surface area contributed by atoms with Crippen molar-refractivity contribution in [2.45, 2.75) is 43.3 Å². The molecule has 4 heterocycles. The third kappa shape index (κ3) is 6.56. The van der Waals surface area contributed by atoms with Crippen molar-refractivity contribution < 1.29 is 9.21 Å². The summed E-state index contributed by atoms with van der Waals surface area (Å²) >= 11 is 9.32. The zero-order chi connectivity index (χ0) is 28.2. The molecule has 1 aliphatic rings. The van der Waals surface area contributed by atoms with Crippen molar-refractivity contribution in [3.63, 3.8) is 0 Å². The summed E-state index contributed by atoms with van der Waals surface area (Å²) in [6, 6.07) is 20.1. The van der Waals surface area contributed by atoms with Crippen LogP contribution in [-0.2, 0) is 12.3 Å². The van der Waals surface area contributed by atoms with Crippen LogP contribution in [-0.4, -0.2) is 49.7 Å². The number of hydrogen-bond donors (Lipinski definition) is 1. The average Bonchev–Trinajstić information content (AvgIpc) is 3.76. The van der Waals surface area contributed by atoms with E-state index in [4.69, 9.17) is 16.0 Å². The van der Waals surface area contributed by atoms with E-state index in [9.17, 15) is 4.79 Å². The molecule has 41 heavy (non-hydrogen) atoms. The SMILES string of the molecule is Cc1ccc(Cl)cc1-n1c(SCc2nc(C(=O)NC3CCN(Cc4ccccc4)CC3)cs2)nnc1-c1ccco1. The molecule has 1 saturated heterocycles. The molecule has 210 valence electrons. The Balaban J connectivity index is 1.08. The van der Waals surface area contributed by atoms with Gasteiger partial charge in [0.1, 0.15) is 10.7 Å². The first-order valence-corrected chi connectivity index (χ1v) is 15.7. The highest BCUT2D eigenvalue weighted by molar-refractivity contribution is 7.98. The molecule has 1 fully saturated rings. The lowest BCUT2D eigenvalue weighted by atomic mass is 10.0. The minimum atomic E-state index is -0.114. The number of hydrogen-bond acceptors (Lipinski definition) is 8. The van der Waals surface area contributed by atoms with Gasteiger partial charge >= 0.3 is 0 Å². The maximum atomic E-state index is 13.0. The molecule has 0 aliphatic carbocycles. The predicted octanol–water partition coefficient (Wildman–Crippen LogP) is 6.63. The van der Waals surface area contributed by atoms with Gasteiger partial charge in [-0.1, -0.05) is 59.8 Å². The van der Waals surface area contributed by atoms with Crippen LogP contribution in [0.25, 0.3) is 17.3 Å². The van der Waals surface area contributed by atoms with Gasteiger partial charge in [-0.25, -0.2) is 4.98 Å². The summed E-state index contributed by atoms with van der Waals surface area (Å²) in [5, 5.41) is 16.0. The quantitative estimate of drug-likeness (QED) is 0.189. The van der Waals surface area contributed by atoms with E-state index in [-0.39, 0.29) is 11.9 Å². The van der Waals surface area contributed by atoms with Crippen molar-refractivity contribution in [3.05, 3.63) is 99.2 Å². The lowest BCUT2D eigenvalue weighted by molar-refractivity contribution is 0.0904. The summed E-state index contributed by atoms with van der Waals surface area (Å²) < 4.78 is 7.58. The van der Waals surface area contributed by atoms with E-state index in [0.717, 1.165) is 48.7 Å². The predicted molar refractivity (Wildman–Crippen MR) is 163 cm³/mol. The molecule has 1 N–H and O–H groups in total. The molecule has 6 rings (SSSR count). The number of thiazole rings is 1. The number of rotatable bonds is 9. The van der Waals surface area contributed by atoms with Crippen LogP contribution in [0.15, 0.2) is 81.9 Å². The Morgan fingerprint density at radius 1 is 1.12 bits per heavy atom. The summed E-state index contributed by atoms with van der Waals surface area (Å²) in [6.45, 7) is 4.89. The number of aryl methyl sites for hydroxylation is 1. The van der Waals surface area contributed by atoms with Gasteiger partial charge in [-0.15, -0.1) is 21.5 Å². The number of nitrogens with zero attached hydrogens (tertiary/aromatic N) is 5. The highest BCUT2D eigenvalue weighted by Gasteiger charge is 2.23. The largest absolute Gasteiger partial charge is 0.461 e. The first-order chi connectivity index (χ1) is 20.0. The Morgan fingerprint density at radius 3 is 2.73 bits per heavy atom. The van der Waals surface area contributed by atoms with Crippen molar-refractivity contribution in [3.8, 4) is 17.3 Å². The van der Waals surface area contributed by atoms with Gasteiger partial charge in [0.15, 0.2) is 10.9 Å². The minimum Gasteiger partial charge on any atom is -0.461 e. The van der Waals surface area contributed by atoms with Gasteiger partial charge in [0.2, 0.25) is 5.82 Å². The Bertz CT molecular complexity index is 1610. The van der Waals surface area contributed by atoms with Gasteiger partial charge in [0.25, 0.3) is 5.91 Å². The number of benzene rings is 2. The van der Waals surface area contributed by atoms with Crippen LogP contribution >= 0.6 is 34.7 Å². The summed E-state index contributed by atoms with van der Waals surface area (Å²) in [5.74, 6) is 1.64. The molecule has 0 radical (unpaired) electrons.